The highest BCUT2D eigenvalue weighted by molar-refractivity contribution is 7.89. The van der Waals surface area contributed by atoms with Gasteiger partial charge in [-0.15, -0.1) is 10.2 Å². The van der Waals surface area contributed by atoms with E-state index >= 15 is 0 Å². The molecule has 0 aliphatic heterocycles. The van der Waals surface area contributed by atoms with Crippen LogP contribution in [0.25, 0.3) is 0 Å². The Morgan fingerprint density at radius 3 is 2.70 bits per heavy atom. The summed E-state index contributed by atoms with van der Waals surface area (Å²) >= 11 is 0. The average molecular weight is 299 g/mol. The van der Waals surface area contributed by atoms with Crippen molar-refractivity contribution in [2.45, 2.75) is 38.4 Å². The molecule has 10 heteroatoms. The van der Waals surface area contributed by atoms with Gasteiger partial charge in [0.25, 0.3) is 0 Å². The molecule has 9 nitrogen and oxygen atoms in total. The molecule has 0 saturated heterocycles. The molecule has 0 aromatic carbocycles. The molecule has 2 aromatic heterocycles. The first-order valence-corrected chi connectivity index (χ1v) is 7.65. The van der Waals surface area contributed by atoms with Crippen molar-refractivity contribution in [2.24, 2.45) is 0 Å². The maximum atomic E-state index is 12.2. The molecule has 0 aliphatic rings. The van der Waals surface area contributed by atoms with E-state index < -0.39 is 10.0 Å². The number of hydrogen-bond acceptors (Lipinski definition) is 6. The zero-order valence-corrected chi connectivity index (χ0v) is 12.1. The highest BCUT2D eigenvalue weighted by Gasteiger charge is 2.21. The lowest BCUT2D eigenvalue weighted by molar-refractivity contribution is 0.575. The topological polar surface area (TPSA) is 121 Å². The molecule has 2 heterocycles. The van der Waals surface area contributed by atoms with Gasteiger partial charge in [-0.3, -0.25) is 4.68 Å². The average Bonchev–Trinajstić information content (AvgIpc) is 3.02. The van der Waals surface area contributed by atoms with Crippen LogP contribution in [0, 0.1) is 0 Å². The second kappa shape index (κ2) is 5.59. The van der Waals surface area contributed by atoms with Crippen molar-refractivity contribution in [3.8, 4) is 0 Å². The minimum absolute atomic E-state index is 0.0173. The molecule has 20 heavy (non-hydrogen) atoms. The minimum Gasteiger partial charge on any atom is -0.381 e. The number of rotatable bonds is 6. The highest BCUT2D eigenvalue weighted by Crippen LogP contribution is 2.16. The van der Waals surface area contributed by atoms with Crippen LogP contribution in [0.3, 0.4) is 0 Å². The summed E-state index contributed by atoms with van der Waals surface area (Å²) in [6.07, 6.45) is 2.95. The summed E-state index contributed by atoms with van der Waals surface area (Å²) in [5.74, 6) is 0.522. The van der Waals surface area contributed by atoms with Gasteiger partial charge in [0.2, 0.25) is 10.0 Å². The lowest BCUT2D eigenvalue weighted by atomic mass is 10.6. The van der Waals surface area contributed by atoms with E-state index in [2.05, 4.69) is 20.0 Å². The molecule has 3 N–H and O–H groups in total. The normalized spacial score (nSPS) is 11.9. The Morgan fingerprint density at radius 2 is 2.10 bits per heavy atom. The summed E-state index contributed by atoms with van der Waals surface area (Å²) in [6, 6.07) is 0. The molecule has 0 saturated carbocycles. The van der Waals surface area contributed by atoms with Crippen molar-refractivity contribution in [3.05, 3.63) is 18.3 Å². The van der Waals surface area contributed by atoms with Crippen molar-refractivity contribution >= 4 is 15.8 Å². The lowest BCUT2D eigenvalue weighted by Gasteiger charge is -2.06. The van der Waals surface area contributed by atoms with Crippen LogP contribution in [-0.4, -0.2) is 33.0 Å². The summed E-state index contributed by atoms with van der Waals surface area (Å²) in [7, 11) is -3.72. The standard InChI is InChI=1S/C10H17N7O2S/c1-3-16-7-12-14-9(16)5-13-20(18,19)8-6-17(4-2)15-10(8)11/h6-7,13H,3-5H2,1-2H3,(H2,11,15). The third kappa shape index (κ3) is 2.80. The Hall–Kier alpha value is -1.94. The summed E-state index contributed by atoms with van der Waals surface area (Å²) in [5.41, 5.74) is 5.62. The monoisotopic (exact) mass is 299 g/mol. The fraction of sp³-hybridized carbons (Fsp3) is 0.500. The van der Waals surface area contributed by atoms with Crippen LogP contribution >= 0.6 is 0 Å². The third-order valence-electron chi connectivity index (χ3n) is 2.83. The first kappa shape index (κ1) is 14.5. The molecular formula is C10H17N7O2S. The lowest BCUT2D eigenvalue weighted by Crippen LogP contribution is -2.25. The molecule has 2 aromatic rings. The molecule has 0 bridgehead atoms. The van der Waals surface area contributed by atoms with Gasteiger partial charge in [0.15, 0.2) is 5.82 Å². The van der Waals surface area contributed by atoms with Crippen LogP contribution < -0.4 is 10.5 Å². The zero-order valence-electron chi connectivity index (χ0n) is 11.3. The molecule has 0 amide bonds. The Labute approximate surface area is 116 Å². The van der Waals surface area contributed by atoms with Gasteiger partial charge in [0.1, 0.15) is 17.0 Å². The van der Waals surface area contributed by atoms with Gasteiger partial charge in [0.05, 0.1) is 6.54 Å². The molecule has 0 aliphatic carbocycles. The largest absolute Gasteiger partial charge is 0.381 e. The van der Waals surface area contributed by atoms with E-state index in [-0.39, 0.29) is 17.3 Å². The van der Waals surface area contributed by atoms with Crippen LogP contribution in [-0.2, 0) is 29.7 Å². The third-order valence-corrected chi connectivity index (χ3v) is 4.24. The fourth-order valence-electron chi connectivity index (χ4n) is 1.70. The fourth-order valence-corrected chi connectivity index (χ4v) is 2.76. The Morgan fingerprint density at radius 1 is 1.35 bits per heavy atom. The predicted octanol–water partition coefficient (Wildman–Crippen LogP) is -0.425. The highest BCUT2D eigenvalue weighted by atomic mass is 32.2. The Balaban J connectivity index is 2.17. The van der Waals surface area contributed by atoms with E-state index in [1.54, 1.807) is 10.9 Å². The van der Waals surface area contributed by atoms with Crippen molar-refractivity contribution in [2.75, 3.05) is 5.73 Å². The second-order valence-electron chi connectivity index (χ2n) is 4.09. The summed E-state index contributed by atoms with van der Waals surface area (Å²) in [5, 5.41) is 11.5. The second-order valence-corrected chi connectivity index (χ2v) is 5.83. The summed E-state index contributed by atoms with van der Waals surface area (Å²) < 4.78 is 30.0. The van der Waals surface area contributed by atoms with Gasteiger partial charge in [-0.1, -0.05) is 0 Å². The van der Waals surface area contributed by atoms with Gasteiger partial charge in [0, 0.05) is 19.3 Å². The number of hydrogen-bond donors (Lipinski definition) is 2. The van der Waals surface area contributed by atoms with Crippen molar-refractivity contribution in [3.63, 3.8) is 0 Å². The zero-order chi connectivity index (χ0) is 14.8. The Kier molecular flexibility index (Phi) is 4.04. The molecule has 0 spiro atoms. The number of aryl methyl sites for hydroxylation is 2. The van der Waals surface area contributed by atoms with Crippen LogP contribution in [0.5, 0.6) is 0 Å². The molecular weight excluding hydrogens is 282 g/mol. The van der Waals surface area contributed by atoms with E-state index in [1.165, 1.54) is 10.9 Å². The first-order chi connectivity index (χ1) is 9.47. The molecule has 0 radical (unpaired) electrons. The number of anilines is 1. The summed E-state index contributed by atoms with van der Waals surface area (Å²) in [6.45, 7) is 5.03. The van der Waals surface area contributed by atoms with Crippen LogP contribution in [0.2, 0.25) is 0 Å². The van der Waals surface area contributed by atoms with Gasteiger partial charge < -0.3 is 10.3 Å². The SMILES string of the molecule is CCn1cc(S(=O)(=O)NCc2nncn2CC)c(N)n1. The number of nitrogen functional groups attached to an aromatic ring is 1. The maximum Gasteiger partial charge on any atom is 0.246 e. The molecule has 0 atom stereocenters. The molecule has 0 fully saturated rings. The van der Waals surface area contributed by atoms with E-state index in [4.69, 9.17) is 5.73 Å². The number of nitrogens with two attached hydrogens (primary N) is 1. The predicted molar refractivity (Wildman–Crippen MR) is 72.0 cm³/mol. The van der Waals surface area contributed by atoms with Gasteiger partial charge in [-0.05, 0) is 13.8 Å². The number of nitrogens with one attached hydrogen (secondary N) is 1. The number of sulfonamides is 1. The van der Waals surface area contributed by atoms with E-state index in [9.17, 15) is 8.42 Å². The quantitative estimate of drug-likeness (QED) is 0.747. The molecule has 110 valence electrons. The van der Waals surface area contributed by atoms with Gasteiger partial charge >= 0.3 is 0 Å². The first-order valence-electron chi connectivity index (χ1n) is 6.17. The van der Waals surface area contributed by atoms with Crippen molar-refractivity contribution < 1.29 is 8.42 Å². The van der Waals surface area contributed by atoms with E-state index in [1.807, 2.05) is 13.8 Å². The number of aromatic nitrogens is 5. The van der Waals surface area contributed by atoms with Crippen LogP contribution in [0.4, 0.5) is 5.82 Å². The van der Waals surface area contributed by atoms with Crippen molar-refractivity contribution in [1.29, 1.82) is 0 Å². The minimum atomic E-state index is -3.72. The van der Waals surface area contributed by atoms with Crippen LogP contribution in [0.15, 0.2) is 17.4 Å². The molecule has 0 unspecified atom stereocenters. The number of nitrogens with zero attached hydrogens (tertiary/aromatic N) is 5. The molecule has 2 rings (SSSR count). The van der Waals surface area contributed by atoms with E-state index in [0.717, 1.165) is 0 Å². The van der Waals surface area contributed by atoms with Crippen molar-refractivity contribution in [1.82, 2.24) is 29.3 Å². The van der Waals surface area contributed by atoms with Crippen LogP contribution in [0.1, 0.15) is 19.7 Å². The Bertz CT molecular complexity index is 688. The van der Waals surface area contributed by atoms with E-state index in [0.29, 0.717) is 18.9 Å². The van der Waals surface area contributed by atoms with Gasteiger partial charge in [-0.25, -0.2) is 13.1 Å². The summed E-state index contributed by atoms with van der Waals surface area (Å²) in [4.78, 5) is -0.0260. The van der Waals surface area contributed by atoms with Gasteiger partial charge in [-0.2, -0.15) is 5.10 Å². The smallest absolute Gasteiger partial charge is 0.246 e. The maximum absolute atomic E-state index is 12.2.